The molecule has 1 amide bonds. The number of benzene rings is 3. The highest BCUT2D eigenvalue weighted by atomic mass is 35.5. The highest BCUT2D eigenvalue weighted by molar-refractivity contribution is 6.52. The largest absolute Gasteiger partial charge is 0.507 e. The molecule has 0 aliphatic carbocycles. The van der Waals surface area contributed by atoms with E-state index in [9.17, 15) is 14.7 Å². The molecule has 0 radical (unpaired) electrons. The first-order valence-corrected chi connectivity index (χ1v) is 11.8. The zero-order valence-corrected chi connectivity index (χ0v) is 20.6. The SMILES string of the molecule is CCCOc1ccccc1N1C(=O)C(=O)/C(=C(\O)c2ccc(Cl)cc2)C1c1ccc(N(C)C)cc1. The van der Waals surface area contributed by atoms with Crippen LogP contribution in [0, 0.1) is 0 Å². The molecule has 4 rings (SSSR count). The number of Topliss-reactive ketones (excluding diaryl/α,β-unsaturated/α-hetero) is 1. The maximum Gasteiger partial charge on any atom is 0.300 e. The molecular weight excluding hydrogens is 464 g/mol. The van der Waals surface area contributed by atoms with Crippen LogP contribution in [0.3, 0.4) is 0 Å². The Bertz CT molecular complexity index is 1270. The summed E-state index contributed by atoms with van der Waals surface area (Å²) < 4.78 is 5.91. The van der Waals surface area contributed by atoms with Gasteiger partial charge < -0.3 is 14.7 Å². The van der Waals surface area contributed by atoms with Crippen LogP contribution in [0.1, 0.15) is 30.5 Å². The minimum atomic E-state index is -0.840. The second kappa shape index (κ2) is 10.2. The van der Waals surface area contributed by atoms with Gasteiger partial charge in [-0.15, -0.1) is 0 Å². The fourth-order valence-corrected chi connectivity index (χ4v) is 4.23. The van der Waals surface area contributed by atoms with Gasteiger partial charge in [-0.2, -0.15) is 0 Å². The number of carbonyl (C=O) groups is 2. The minimum absolute atomic E-state index is 0.0141. The van der Waals surface area contributed by atoms with Crippen molar-refractivity contribution in [2.75, 3.05) is 30.5 Å². The van der Waals surface area contributed by atoms with Crippen LogP contribution in [-0.4, -0.2) is 37.5 Å². The summed E-state index contributed by atoms with van der Waals surface area (Å²) >= 11 is 6.01. The highest BCUT2D eigenvalue weighted by Crippen LogP contribution is 2.45. The van der Waals surface area contributed by atoms with Crippen LogP contribution in [0.25, 0.3) is 5.76 Å². The number of aliphatic hydroxyl groups is 1. The lowest BCUT2D eigenvalue weighted by atomic mass is 9.95. The van der Waals surface area contributed by atoms with Crippen molar-refractivity contribution in [1.29, 1.82) is 0 Å². The molecule has 180 valence electrons. The minimum Gasteiger partial charge on any atom is -0.507 e. The summed E-state index contributed by atoms with van der Waals surface area (Å²) in [5.41, 5.74) is 2.55. The van der Waals surface area contributed by atoms with Crippen molar-refractivity contribution in [2.45, 2.75) is 19.4 Å². The second-order valence-corrected chi connectivity index (χ2v) is 8.91. The van der Waals surface area contributed by atoms with Gasteiger partial charge >= 0.3 is 0 Å². The van der Waals surface area contributed by atoms with Gasteiger partial charge in [0.2, 0.25) is 0 Å². The Balaban J connectivity index is 1.92. The Hall–Kier alpha value is -3.77. The number of anilines is 2. The first-order chi connectivity index (χ1) is 16.8. The van der Waals surface area contributed by atoms with Crippen molar-refractivity contribution in [3.05, 3.63) is 94.5 Å². The van der Waals surface area contributed by atoms with Crippen LogP contribution in [0.4, 0.5) is 11.4 Å². The molecule has 35 heavy (non-hydrogen) atoms. The molecule has 1 fully saturated rings. The zero-order valence-electron chi connectivity index (χ0n) is 19.9. The molecule has 0 bridgehead atoms. The second-order valence-electron chi connectivity index (χ2n) is 8.48. The molecule has 1 aliphatic heterocycles. The number of carbonyl (C=O) groups excluding carboxylic acids is 2. The number of hydrogen-bond acceptors (Lipinski definition) is 5. The number of halogens is 1. The van der Waals surface area contributed by atoms with E-state index in [2.05, 4.69) is 0 Å². The number of ketones is 1. The van der Waals surface area contributed by atoms with E-state index in [4.69, 9.17) is 16.3 Å². The van der Waals surface area contributed by atoms with Gasteiger partial charge in [0, 0.05) is 30.4 Å². The number of aliphatic hydroxyl groups excluding tert-OH is 1. The first kappa shape index (κ1) is 24.4. The number of ether oxygens (including phenoxy) is 1. The molecule has 0 spiro atoms. The number of para-hydroxylation sites is 2. The smallest absolute Gasteiger partial charge is 0.300 e. The third-order valence-electron chi connectivity index (χ3n) is 5.87. The summed E-state index contributed by atoms with van der Waals surface area (Å²) in [4.78, 5) is 30.2. The molecule has 7 heteroatoms. The molecule has 0 saturated carbocycles. The van der Waals surface area contributed by atoms with Crippen LogP contribution < -0.4 is 14.5 Å². The van der Waals surface area contributed by atoms with E-state index >= 15 is 0 Å². The van der Waals surface area contributed by atoms with Crippen molar-refractivity contribution in [2.24, 2.45) is 0 Å². The molecule has 1 N–H and O–H groups in total. The van der Waals surface area contributed by atoms with E-state index in [1.165, 1.54) is 4.90 Å². The molecule has 6 nitrogen and oxygen atoms in total. The maximum atomic E-state index is 13.4. The third kappa shape index (κ3) is 4.75. The summed E-state index contributed by atoms with van der Waals surface area (Å²) in [6.07, 6.45) is 0.791. The normalized spacial score (nSPS) is 17.0. The van der Waals surface area contributed by atoms with E-state index in [1.54, 1.807) is 42.5 Å². The maximum absolute atomic E-state index is 13.4. The molecule has 1 unspecified atom stereocenters. The van der Waals surface area contributed by atoms with Gasteiger partial charge in [0.1, 0.15) is 11.5 Å². The number of hydrogen-bond donors (Lipinski definition) is 1. The molecule has 1 atom stereocenters. The van der Waals surface area contributed by atoms with Crippen LogP contribution in [0.15, 0.2) is 78.4 Å². The average molecular weight is 491 g/mol. The van der Waals surface area contributed by atoms with Gasteiger partial charge in [-0.05, 0) is 60.5 Å². The summed E-state index contributed by atoms with van der Waals surface area (Å²) in [7, 11) is 3.87. The number of nitrogens with zero attached hydrogens (tertiary/aromatic N) is 2. The predicted octanol–water partition coefficient (Wildman–Crippen LogP) is 5.82. The van der Waals surface area contributed by atoms with Gasteiger partial charge in [-0.3, -0.25) is 14.5 Å². The average Bonchev–Trinajstić information content (AvgIpc) is 3.13. The quantitative estimate of drug-likeness (QED) is 0.257. The molecule has 3 aromatic rings. The lowest BCUT2D eigenvalue weighted by molar-refractivity contribution is -0.132. The van der Waals surface area contributed by atoms with Gasteiger partial charge in [0.05, 0.1) is 23.9 Å². The zero-order chi connectivity index (χ0) is 25.1. The topological polar surface area (TPSA) is 70.1 Å². The molecule has 0 aromatic heterocycles. The highest BCUT2D eigenvalue weighted by Gasteiger charge is 2.47. The van der Waals surface area contributed by atoms with Gasteiger partial charge in [0.25, 0.3) is 11.7 Å². The van der Waals surface area contributed by atoms with Crippen LogP contribution in [0.2, 0.25) is 5.02 Å². The lowest BCUT2D eigenvalue weighted by Gasteiger charge is -2.27. The summed E-state index contributed by atoms with van der Waals surface area (Å²) in [6.45, 7) is 2.46. The molecular formula is C28H27ClN2O4. The number of rotatable bonds is 7. The Labute approximate surface area is 210 Å². The van der Waals surface area contributed by atoms with E-state index < -0.39 is 17.7 Å². The van der Waals surface area contributed by atoms with Crippen LogP contribution in [-0.2, 0) is 9.59 Å². The monoisotopic (exact) mass is 490 g/mol. The van der Waals surface area contributed by atoms with Gasteiger partial charge in [-0.25, -0.2) is 0 Å². The standard InChI is InChI=1S/C28H27ClN2O4/c1-4-17-35-23-8-6-5-7-22(23)31-25(18-11-15-21(16-12-18)30(2)3)24(27(33)28(31)34)26(32)19-9-13-20(29)14-10-19/h5-16,25,32H,4,17H2,1-3H3/b26-24-. The van der Waals surface area contributed by atoms with Crippen molar-refractivity contribution < 1.29 is 19.4 Å². The van der Waals surface area contributed by atoms with E-state index in [1.807, 2.05) is 56.3 Å². The van der Waals surface area contributed by atoms with Gasteiger partial charge in [-0.1, -0.05) is 42.8 Å². The molecule has 1 aliphatic rings. The first-order valence-electron chi connectivity index (χ1n) is 11.4. The van der Waals surface area contributed by atoms with Crippen molar-refractivity contribution >= 4 is 40.4 Å². The van der Waals surface area contributed by atoms with Crippen LogP contribution >= 0.6 is 11.6 Å². The fraction of sp³-hybridized carbons (Fsp3) is 0.214. The number of amides is 1. The Morgan fingerprint density at radius 2 is 1.66 bits per heavy atom. The van der Waals surface area contributed by atoms with E-state index in [-0.39, 0.29) is 11.3 Å². The summed E-state index contributed by atoms with van der Waals surface area (Å²) in [5.74, 6) is -1.24. The predicted molar refractivity (Wildman–Crippen MR) is 139 cm³/mol. The third-order valence-corrected chi connectivity index (χ3v) is 6.13. The van der Waals surface area contributed by atoms with Crippen molar-refractivity contribution in [3.8, 4) is 5.75 Å². The van der Waals surface area contributed by atoms with Crippen LogP contribution in [0.5, 0.6) is 5.75 Å². The lowest BCUT2D eigenvalue weighted by Crippen LogP contribution is -2.30. The van der Waals surface area contributed by atoms with E-state index in [0.717, 1.165) is 12.1 Å². The van der Waals surface area contributed by atoms with Gasteiger partial charge in [0.15, 0.2) is 0 Å². The summed E-state index contributed by atoms with van der Waals surface area (Å²) in [5, 5.41) is 11.7. The molecule has 1 saturated heterocycles. The molecule has 3 aromatic carbocycles. The van der Waals surface area contributed by atoms with E-state index in [0.29, 0.717) is 34.2 Å². The Morgan fingerprint density at radius 1 is 1.00 bits per heavy atom. The van der Waals surface area contributed by atoms with Crippen molar-refractivity contribution in [3.63, 3.8) is 0 Å². The Morgan fingerprint density at radius 3 is 2.29 bits per heavy atom. The van der Waals surface area contributed by atoms with Crippen molar-refractivity contribution in [1.82, 2.24) is 0 Å². The molecule has 1 heterocycles. The fourth-order valence-electron chi connectivity index (χ4n) is 4.10. The Kier molecular flexibility index (Phi) is 7.12. The summed E-state index contributed by atoms with van der Waals surface area (Å²) in [6, 6.07) is 20.3.